The summed E-state index contributed by atoms with van der Waals surface area (Å²) >= 11 is 4.26. The number of thiazole rings is 1. The maximum atomic E-state index is 12.4. The topological polar surface area (TPSA) is 94.1 Å². The maximum Gasteiger partial charge on any atom is 0.350 e. The number of nitrogens with one attached hydrogen (secondary N) is 1. The van der Waals surface area contributed by atoms with Crippen molar-refractivity contribution >= 4 is 61.7 Å². The number of aromatic nitrogens is 3. The van der Waals surface area contributed by atoms with E-state index in [0.717, 1.165) is 39.4 Å². The zero-order chi connectivity index (χ0) is 19.7. The minimum absolute atomic E-state index is 0.189. The van der Waals surface area contributed by atoms with Crippen LogP contribution in [0.25, 0.3) is 10.2 Å². The molecule has 0 aromatic carbocycles. The van der Waals surface area contributed by atoms with Crippen LogP contribution >= 0.6 is 34.4 Å². The minimum atomic E-state index is -0.449. The normalized spacial score (nSPS) is 13.4. The zero-order valence-electron chi connectivity index (χ0n) is 15.4. The number of aryl methyl sites for hydroxylation is 3. The van der Waals surface area contributed by atoms with Crippen molar-refractivity contribution in [1.29, 1.82) is 0 Å². The summed E-state index contributed by atoms with van der Waals surface area (Å²) in [7, 11) is 1.32. The molecule has 0 radical (unpaired) electrons. The summed E-state index contributed by atoms with van der Waals surface area (Å²) in [5.74, 6) is -0.426. The lowest BCUT2D eigenvalue weighted by Gasteiger charge is -2.11. The van der Waals surface area contributed by atoms with E-state index < -0.39 is 5.97 Å². The summed E-state index contributed by atoms with van der Waals surface area (Å²) in [5.41, 5.74) is 1.90. The first-order valence-corrected chi connectivity index (χ1v) is 11.4. The van der Waals surface area contributed by atoms with Gasteiger partial charge in [0.05, 0.1) is 18.6 Å². The van der Waals surface area contributed by atoms with E-state index in [1.807, 2.05) is 0 Å². The van der Waals surface area contributed by atoms with Gasteiger partial charge in [-0.15, -0.1) is 11.3 Å². The number of hydrogen-bond acceptors (Lipinski definition) is 9. The summed E-state index contributed by atoms with van der Waals surface area (Å²) in [5, 5.41) is 5.11. The molecule has 28 heavy (non-hydrogen) atoms. The number of fused-ring (bicyclic) bond motifs is 3. The summed E-state index contributed by atoms with van der Waals surface area (Å²) in [6.45, 7) is 1.71. The highest BCUT2D eigenvalue weighted by molar-refractivity contribution is 8.00. The van der Waals surface area contributed by atoms with Crippen molar-refractivity contribution in [1.82, 2.24) is 15.0 Å². The van der Waals surface area contributed by atoms with Crippen molar-refractivity contribution in [2.45, 2.75) is 37.6 Å². The fraction of sp³-hybridized carbons (Fsp3) is 0.389. The van der Waals surface area contributed by atoms with Gasteiger partial charge in [0.2, 0.25) is 5.91 Å². The van der Waals surface area contributed by atoms with E-state index in [9.17, 15) is 9.59 Å². The lowest BCUT2D eigenvalue weighted by molar-refractivity contribution is -0.113. The van der Waals surface area contributed by atoms with Crippen molar-refractivity contribution < 1.29 is 14.3 Å². The van der Waals surface area contributed by atoms with E-state index in [0.29, 0.717) is 15.7 Å². The van der Waals surface area contributed by atoms with Gasteiger partial charge < -0.3 is 10.1 Å². The standard InChI is InChI=1S/C18H18N4O3S3/c1-9-14(17(24)25-2)28-18(21-9)22-12(23)7-26-15-13-10-5-3-4-6-11(10)27-16(13)20-8-19-15/h8H,3-7H2,1-2H3,(H,21,22,23). The third-order valence-electron chi connectivity index (χ3n) is 4.47. The van der Waals surface area contributed by atoms with E-state index in [-0.39, 0.29) is 11.7 Å². The molecule has 4 rings (SSSR count). The third-order valence-corrected chi connectivity index (χ3v) is 7.71. The average molecular weight is 435 g/mol. The predicted molar refractivity (Wildman–Crippen MR) is 112 cm³/mol. The van der Waals surface area contributed by atoms with Gasteiger partial charge >= 0.3 is 5.97 Å². The highest BCUT2D eigenvalue weighted by atomic mass is 32.2. The molecule has 0 saturated heterocycles. The Morgan fingerprint density at radius 3 is 2.89 bits per heavy atom. The first-order chi connectivity index (χ1) is 13.6. The molecule has 0 saturated carbocycles. The molecule has 1 N–H and O–H groups in total. The second-order valence-electron chi connectivity index (χ2n) is 6.33. The number of amides is 1. The number of carbonyl (C=O) groups is 2. The molecule has 1 aliphatic rings. The Bertz CT molecular complexity index is 1060. The molecule has 0 fully saturated rings. The molecule has 1 amide bonds. The molecule has 0 atom stereocenters. The molecule has 3 aromatic heterocycles. The Morgan fingerprint density at radius 2 is 2.07 bits per heavy atom. The van der Waals surface area contributed by atoms with Gasteiger partial charge in [-0.1, -0.05) is 23.1 Å². The van der Waals surface area contributed by atoms with Gasteiger partial charge in [-0.25, -0.2) is 19.7 Å². The van der Waals surface area contributed by atoms with Crippen LogP contribution < -0.4 is 5.32 Å². The van der Waals surface area contributed by atoms with Crippen LogP contribution in [0.1, 0.15) is 38.6 Å². The molecule has 7 nitrogen and oxygen atoms in total. The molecule has 1 aliphatic carbocycles. The van der Waals surface area contributed by atoms with Gasteiger partial charge in [-0.05, 0) is 38.2 Å². The van der Waals surface area contributed by atoms with Gasteiger partial charge in [0.1, 0.15) is 21.1 Å². The second-order valence-corrected chi connectivity index (χ2v) is 9.38. The summed E-state index contributed by atoms with van der Waals surface area (Å²) in [6.07, 6.45) is 6.13. The summed E-state index contributed by atoms with van der Waals surface area (Å²) < 4.78 is 4.72. The molecule has 146 valence electrons. The second kappa shape index (κ2) is 8.14. The van der Waals surface area contributed by atoms with Crippen molar-refractivity contribution in [2.24, 2.45) is 0 Å². The number of rotatable bonds is 5. The smallest absolute Gasteiger partial charge is 0.350 e. The molecule has 3 heterocycles. The summed E-state index contributed by atoms with van der Waals surface area (Å²) in [4.78, 5) is 39.9. The van der Waals surface area contributed by atoms with E-state index in [1.54, 1.807) is 24.6 Å². The maximum absolute atomic E-state index is 12.4. The Kier molecular flexibility index (Phi) is 5.61. The fourth-order valence-electron chi connectivity index (χ4n) is 3.19. The molecular weight excluding hydrogens is 416 g/mol. The van der Waals surface area contributed by atoms with Gasteiger partial charge in [0, 0.05) is 10.3 Å². The van der Waals surface area contributed by atoms with Crippen molar-refractivity contribution in [3.63, 3.8) is 0 Å². The van der Waals surface area contributed by atoms with E-state index in [2.05, 4.69) is 20.3 Å². The SMILES string of the molecule is COC(=O)c1sc(NC(=O)CSc2ncnc3sc4c(c23)CCCC4)nc1C. The fourth-order valence-corrected chi connectivity index (χ4v) is 6.21. The van der Waals surface area contributed by atoms with Crippen molar-refractivity contribution in [3.8, 4) is 0 Å². The van der Waals surface area contributed by atoms with Crippen LogP contribution in [0.4, 0.5) is 5.13 Å². The van der Waals surface area contributed by atoms with Crippen LogP contribution in [0, 0.1) is 6.92 Å². The van der Waals surface area contributed by atoms with E-state index in [4.69, 9.17) is 4.74 Å². The molecular formula is C18H18N4O3S3. The highest BCUT2D eigenvalue weighted by Gasteiger charge is 2.21. The number of esters is 1. The number of hydrogen-bond donors (Lipinski definition) is 1. The predicted octanol–water partition coefficient (Wildman–Crippen LogP) is 3.85. The number of methoxy groups -OCH3 is 1. The number of thioether (sulfide) groups is 1. The van der Waals surface area contributed by atoms with E-state index in [1.165, 1.54) is 42.2 Å². The Hall–Kier alpha value is -2.04. The number of thiophene rings is 1. The van der Waals surface area contributed by atoms with Gasteiger partial charge in [0.25, 0.3) is 0 Å². The average Bonchev–Trinajstić information content (AvgIpc) is 3.26. The number of carbonyl (C=O) groups excluding carboxylic acids is 2. The Morgan fingerprint density at radius 1 is 1.25 bits per heavy atom. The molecule has 0 bridgehead atoms. The number of nitrogens with zero attached hydrogens (tertiary/aromatic N) is 3. The van der Waals surface area contributed by atoms with Crippen molar-refractivity contribution in [3.05, 3.63) is 27.3 Å². The Labute approximate surface area is 173 Å². The molecule has 0 aliphatic heterocycles. The Balaban J connectivity index is 1.47. The number of ether oxygens (including phenoxy) is 1. The highest BCUT2D eigenvalue weighted by Crippen LogP contribution is 2.39. The van der Waals surface area contributed by atoms with Gasteiger partial charge in [0.15, 0.2) is 5.13 Å². The monoisotopic (exact) mass is 434 g/mol. The van der Waals surface area contributed by atoms with Crippen LogP contribution in [0.5, 0.6) is 0 Å². The van der Waals surface area contributed by atoms with Gasteiger partial charge in [-0.3, -0.25) is 4.79 Å². The lowest BCUT2D eigenvalue weighted by atomic mass is 9.97. The number of anilines is 1. The van der Waals surface area contributed by atoms with Crippen molar-refractivity contribution in [2.75, 3.05) is 18.2 Å². The molecule has 0 spiro atoms. The molecule has 10 heteroatoms. The largest absolute Gasteiger partial charge is 0.465 e. The first kappa shape index (κ1) is 19.3. The zero-order valence-corrected chi connectivity index (χ0v) is 17.9. The minimum Gasteiger partial charge on any atom is -0.465 e. The van der Waals surface area contributed by atoms with Crippen LogP contribution in [0.2, 0.25) is 0 Å². The first-order valence-electron chi connectivity index (χ1n) is 8.80. The quantitative estimate of drug-likeness (QED) is 0.370. The summed E-state index contributed by atoms with van der Waals surface area (Å²) in [6, 6.07) is 0. The van der Waals surface area contributed by atoms with Crippen LogP contribution in [0.3, 0.4) is 0 Å². The van der Waals surface area contributed by atoms with Gasteiger partial charge in [-0.2, -0.15) is 0 Å². The lowest BCUT2D eigenvalue weighted by Crippen LogP contribution is -2.14. The van der Waals surface area contributed by atoms with E-state index >= 15 is 0 Å². The van der Waals surface area contributed by atoms with Crippen LogP contribution in [-0.2, 0) is 22.4 Å². The van der Waals surface area contributed by atoms with Crippen LogP contribution in [0.15, 0.2) is 11.4 Å². The third kappa shape index (κ3) is 3.76. The van der Waals surface area contributed by atoms with Crippen LogP contribution in [-0.4, -0.2) is 39.7 Å². The molecule has 3 aromatic rings. The molecule has 0 unspecified atom stereocenters.